The first-order chi connectivity index (χ1) is 6.31. The monoisotopic (exact) mass is 203 g/mol. The molecule has 0 bridgehead atoms. The molecule has 0 aliphatic rings. The standard InChI is InChI=1S/C9H17NO2S/c1-3-4-5-11-9(2)12-6-7-13-8-10/h9H,3-7H2,1-2H3. The molecule has 0 rings (SSSR count). The van der Waals surface area contributed by atoms with Crippen molar-refractivity contribution in [3.05, 3.63) is 0 Å². The second-order valence-corrected chi connectivity index (χ2v) is 3.48. The number of rotatable bonds is 8. The minimum absolute atomic E-state index is 0.147. The van der Waals surface area contributed by atoms with Crippen LogP contribution in [0, 0.1) is 10.7 Å². The predicted octanol–water partition coefficient (Wildman–Crippen LogP) is 2.38. The van der Waals surface area contributed by atoms with E-state index in [0.717, 1.165) is 19.4 Å². The van der Waals surface area contributed by atoms with Gasteiger partial charge >= 0.3 is 0 Å². The van der Waals surface area contributed by atoms with Crippen molar-refractivity contribution in [3.8, 4) is 5.40 Å². The second kappa shape index (κ2) is 9.85. The highest BCUT2D eigenvalue weighted by molar-refractivity contribution is 8.03. The van der Waals surface area contributed by atoms with Crippen molar-refractivity contribution < 1.29 is 9.47 Å². The maximum absolute atomic E-state index is 8.23. The summed E-state index contributed by atoms with van der Waals surface area (Å²) in [7, 11) is 0. The van der Waals surface area contributed by atoms with Gasteiger partial charge in [0.1, 0.15) is 5.40 Å². The Balaban J connectivity index is 3.11. The van der Waals surface area contributed by atoms with Crippen LogP contribution in [-0.2, 0) is 9.47 Å². The van der Waals surface area contributed by atoms with Crippen molar-refractivity contribution in [2.24, 2.45) is 0 Å². The van der Waals surface area contributed by atoms with Gasteiger partial charge in [-0.2, -0.15) is 5.26 Å². The van der Waals surface area contributed by atoms with Crippen LogP contribution in [0.15, 0.2) is 0 Å². The summed E-state index contributed by atoms with van der Waals surface area (Å²) in [5.41, 5.74) is 0. The minimum Gasteiger partial charge on any atom is -0.353 e. The van der Waals surface area contributed by atoms with Crippen molar-refractivity contribution in [2.75, 3.05) is 19.0 Å². The second-order valence-electron chi connectivity index (χ2n) is 2.60. The molecular weight excluding hydrogens is 186 g/mol. The third kappa shape index (κ3) is 9.68. The summed E-state index contributed by atoms with van der Waals surface area (Å²) >= 11 is 1.20. The van der Waals surface area contributed by atoms with Crippen LogP contribution in [-0.4, -0.2) is 25.3 Å². The molecule has 0 saturated carbocycles. The van der Waals surface area contributed by atoms with Crippen molar-refractivity contribution in [3.63, 3.8) is 0 Å². The van der Waals surface area contributed by atoms with Crippen molar-refractivity contribution in [2.45, 2.75) is 33.0 Å². The number of thioether (sulfide) groups is 1. The lowest BCUT2D eigenvalue weighted by Gasteiger charge is -2.12. The van der Waals surface area contributed by atoms with Gasteiger partial charge < -0.3 is 9.47 Å². The fourth-order valence-corrected chi connectivity index (χ4v) is 1.01. The Morgan fingerprint density at radius 3 is 2.69 bits per heavy atom. The zero-order valence-electron chi connectivity index (χ0n) is 8.28. The van der Waals surface area contributed by atoms with E-state index in [2.05, 4.69) is 6.92 Å². The molecule has 0 N–H and O–H groups in total. The molecule has 0 saturated heterocycles. The van der Waals surface area contributed by atoms with Crippen LogP contribution in [0.1, 0.15) is 26.7 Å². The van der Waals surface area contributed by atoms with Crippen LogP contribution >= 0.6 is 11.8 Å². The van der Waals surface area contributed by atoms with Crippen LogP contribution in [0.25, 0.3) is 0 Å². The quantitative estimate of drug-likeness (QED) is 0.345. The molecule has 0 aliphatic carbocycles. The van der Waals surface area contributed by atoms with E-state index in [1.165, 1.54) is 11.8 Å². The van der Waals surface area contributed by atoms with Gasteiger partial charge in [-0.1, -0.05) is 13.3 Å². The van der Waals surface area contributed by atoms with Gasteiger partial charge in [-0.3, -0.25) is 0 Å². The summed E-state index contributed by atoms with van der Waals surface area (Å²) in [4.78, 5) is 0. The molecule has 0 spiro atoms. The lowest BCUT2D eigenvalue weighted by Crippen LogP contribution is -2.15. The highest BCUT2D eigenvalue weighted by Gasteiger charge is 2.00. The maximum Gasteiger partial charge on any atom is 0.154 e. The van der Waals surface area contributed by atoms with E-state index in [-0.39, 0.29) is 6.29 Å². The topological polar surface area (TPSA) is 42.2 Å². The Hall–Kier alpha value is -0.240. The van der Waals surface area contributed by atoms with Gasteiger partial charge in [-0.15, -0.1) is 0 Å². The highest BCUT2D eigenvalue weighted by atomic mass is 32.2. The summed E-state index contributed by atoms with van der Waals surface area (Å²) in [5.74, 6) is 0.706. The maximum atomic E-state index is 8.23. The number of ether oxygens (including phenoxy) is 2. The number of hydrogen-bond donors (Lipinski definition) is 0. The Morgan fingerprint density at radius 2 is 2.08 bits per heavy atom. The Bertz CT molecular complexity index is 147. The van der Waals surface area contributed by atoms with Crippen LogP contribution in [0.5, 0.6) is 0 Å². The first-order valence-corrected chi connectivity index (χ1v) is 5.54. The van der Waals surface area contributed by atoms with E-state index in [9.17, 15) is 0 Å². The smallest absolute Gasteiger partial charge is 0.154 e. The summed E-state index contributed by atoms with van der Waals surface area (Å²) in [6.07, 6.45) is 2.06. The fourth-order valence-electron chi connectivity index (χ4n) is 0.743. The average Bonchev–Trinajstić information content (AvgIpc) is 2.13. The Morgan fingerprint density at radius 1 is 1.38 bits per heavy atom. The van der Waals surface area contributed by atoms with E-state index < -0.39 is 0 Å². The zero-order chi connectivity index (χ0) is 9.94. The third-order valence-corrected chi connectivity index (χ3v) is 1.95. The molecule has 76 valence electrons. The average molecular weight is 203 g/mol. The minimum atomic E-state index is -0.147. The van der Waals surface area contributed by atoms with Gasteiger partial charge in [-0.05, 0) is 25.1 Å². The Kier molecular flexibility index (Phi) is 9.66. The lowest BCUT2D eigenvalue weighted by molar-refractivity contribution is -0.126. The molecule has 0 heterocycles. The third-order valence-electron chi connectivity index (χ3n) is 1.45. The molecule has 4 heteroatoms. The lowest BCUT2D eigenvalue weighted by atomic mass is 10.4. The molecular formula is C9H17NO2S. The molecule has 0 fully saturated rings. The molecule has 1 atom stereocenters. The molecule has 13 heavy (non-hydrogen) atoms. The molecule has 0 amide bonds. The molecule has 1 unspecified atom stereocenters. The SMILES string of the molecule is CCCCOC(C)OCCSC#N. The van der Waals surface area contributed by atoms with E-state index >= 15 is 0 Å². The number of hydrogen-bond acceptors (Lipinski definition) is 4. The molecule has 0 aromatic rings. The predicted molar refractivity (Wildman–Crippen MR) is 54.3 cm³/mol. The van der Waals surface area contributed by atoms with E-state index in [1.54, 1.807) is 0 Å². The summed E-state index contributed by atoms with van der Waals surface area (Å²) < 4.78 is 10.6. The van der Waals surface area contributed by atoms with E-state index in [0.29, 0.717) is 12.4 Å². The van der Waals surface area contributed by atoms with Gasteiger partial charge in [-0.25, -0.2) is 0 Å². The van der Waals surface area contributed by atoms with Crippen LogP contribution in [0.2, 0.25) is 0 Å². The van der Waals surface area contributed by atoms with Gasteiger partial charge in [0.05, 0.1) is 6.61 Å². The molecule has 3 nitrogen and oxygen atoms in total. The highest BCUT2D eigenvalue weighted by Crippen LogP contribution is 2.00. The van der Waals surface area contributed by atoms with Crippen molar-refractivity contribution in [1.82, 2.24) is 0 Å². The largest absolute Gasteiger partial charge is 0.353 e. The molecule has 0 aromatic carbocycles. The summed E-state index contributed by atoms with van der Waals surface area (Å²) in [6, 6.07) is 0. The Labute approximate surface area is 84.4 Å². The van der Waals surface area contributed by atoms with Gasteiger partial charge in [0.15, 0.2) is 6.29 Å². The fraction of sp³-hybridized carbons (Fsp3) is 0.889. The summed E-state index contributed by atoms with van der Waals surface area (Å²) in [5, 5.41) is 10.2. The van der Waals surface area contributed by atoms with Gasteiger partial charge in [0.25, 0.3) is 0 Å². The first kappa shape index (κ1) is 12.8. The number of nitriles is 1. The van der Waals surface area contributed by atoms with Gasteiger partial charge in [0.2, 0.25) is 0 Å². The number of nitrogens with zero attached hydrogens (tertiary/aromatic N) is 1. The van der Waals surface area contributed by atoms with Gasteiger partial charge in [0, 0.05) is 12.4 Å². The van der Waals surface area contributed by atoms with Crippen LogP contribution in [0.3, 0.4) is 0 Å². The zero-order valence-corrected chi connectivity index (χ0v) is 9.10. The van der Waals surface area contributed by atoms with Crippen molar-refractivity contribution >= 4 is 11.8 Å². The number of thiocyanates is 1. The van der Waals surface area contributed by atoms with Crippen LogP contribution in [0.4, 0.5) is 0 Å². The van der Waals surface area contributed by atoms with Crippen molar-refractivity contribution in [1.29, 1.82) is 5.26 Å². The molecule has 0 aliphatic heterocycles. The normalized spacial score (nSPS) is 12.4. The summed E-state index contributed by atoms with van der Waals surface area (Å²) in [6.45, 7) is 5.33. The van der Waals surface area contributed by atoms with Crippen LogP contribution < -0.4 is 0 Å². The molecule has 0 radical (unpaired) electrons. The number of unbranched alkanes of at least 4 members (excludes halogenated alkanes) is 1. The molecule has 0 aromatic heterocycles. The van der Waals surface area contributed by atoms with E-state index in [4.69, 9.17) is 14.7 Å². The van der Waals surface area contributed by atoms with E-state index in [1.807, 2.05) is 12.3 Å². The first-order valence-electron chi connectivity index (χ1n) is 4.55.